The Morgan fingerprint density at radius 3 is 1.22 bits per heavy atom. The second-order valence-corrected chi connectivity index (χ2v) is 18.8. The van der Waals surface area contributed by atoms with E-state index in [1.165, 1.54) is 0 Å². The molecule has 296 valence electrons. The highest BCUT2D eigenvalue weighted by atomic mass is 35.5. The molecule has 4 aromatic carbocycles. The second-order valence-electron chi connectivity index (χ2n) is 18.0. The Bertz CT molecular complexity index is 2350. The van der Waals surface area contributed by atoms with Crippen LogP contribution in [0.25, 0.3) is 0 Å². The summed E-state index contributed by atoms with van der Waals surface area (Å²) >= 11 is 12.2. The Morgan fingerprint density at radius 1 is 0.517 bits per heavy atom. The van der Waals surface area contributed by atoms with E-state index in [-0.39, 0.29) is 34.2 Å². The Kier molecular flexibility index (Phi) is 8.70. The minimum Gasteiger partial charge on any atom is -0.475 e. The molecular weight excluding hydrogens is 771 g/mol. The predicted molar refractivity (Wildman–Crippen MR) is 224 cm³/mol. The standard InChI is InChI=1S/2C24H22ClNO3/c2*1-23(2)12-18(27)20-19(13-23)29-24(21(20)14-8-10-15(25)11-9-14)16-6-4-5-7-17(16)26(3)22(24)28/h2*4-11,21H,12-13H2,1-3H3/t2*21-,24-/m10/s1. The maximum atomic E-state index is 13.7. The van der Waals surface area contributed by atoms with E-state index < -0.39 is 23.0 Å². The maximum Gasteiger partial charge on any atom is 0.276 e. The fourth-order valence-electron chi connectivity index (χ4n) is 10.3. The van der Waals surface area contributed by atoms with E-state index in [9.17, 15) is 19.2 Å². The number of rotatable bonds is 2. The van der Waals surface area contributed by atoms with Crippen molar-refractivity contribution in [1.82, 2.24) is 0 Å². The van der Waals surface area contributed by atoms with Crippen molar-refractivity contribution >= 4 is 58.0 Å². The number of likely N-dealkylation sites (N-methyl/N-ethyl adjacent to an activating group) is 2. The maximum absolute atomic E-state index is 13.7. The number of halogens is 2. The van der Waals surface area contributed by atoms with E-state index in [4.69, 9.17) is 32.7 Å². The molecule has 10 rings (SSSR count). The molecule has 6 aliphatic rings. The normalized spacial score (nSPS) is 27.3. The first-order valence-corrected chi connectivity index (χ1v) is 20.4. The van der Waals surface area contributed by atoms with Crippen molar-refractivity contribution in [2.45, 2.75) is 76.4 Å². The van der Waals surface area contributed by atoms with Crippen molar-refractivity contribution in [3.8, 4) is 0 Å². The molecule has 0 unspecified atom stereocenters. The minimum atomic E-state index is -1.25. The monoisotopic (exact) mass is 814 g/mol. The van der Waals surface area contributed by atoms with Gasteiger partial charge in [-0.2, -0.15) is 0 Å². The van der Waals surface area contributed by atoms with Crippen LogP contribution in [0.15, 0.2) is 120 Å². The highest BCUT2D eigenvalue weighted by Crippen LogP contribution is 2.63. The van der Waals surface area contributed by atoms with Gasteiger partial charge in [0, 0.05) is 72.1 Å². The Labute approximate surface area is 348 Å². The number of carbonyl (C=O) groups excluding carboxylic acids is 4. The van der Waals surface area contributed by atoms with Crippen LogP contribution in [0.2, 0.25) is 10.0 Å². The highest BCUT2D eigenvalue weighted by molar-refractivity contribution is 6.31. The first kappa shape index (κ1) is 38.3. The summed E-state index contributed by atoms with van der Waals surface area (Å²) in [6.45, 7) is 8.27. The van der Waals surface area contributed by atoms with Gasteiger partial charge in [0.1, 0.15) is 11.5 Å². The summed E-state index contributed by atoms with van der Waals surface area (Å²) in [5, 5.41) is 1.23. The number of benzene rings is 4. The van der Waals surface area contributed by atoms with E-state index >= 15 is 0 Å². The summed E-state index contributed by atoms with van der Waals surface area (Å²) in [5.74, 6) is 0.182. The number of carbonyl (C=O) groups is 4. The van der Waals surface area contributed by atoms with Gasteiger partial charge in [0.05, 0.1) is 23.2 Å². The molecule has 2 amide bonds. The third-order valence-electron chi connectivity index (χ3n) is 12.7. The molecule has 0 fully saturated rings. The number of hydrogen-bond acceptors (Lipinski definition) is 6. The third-order valence-corrected chi connectivity index (χ3v) is 13.2. The lowest BCUT2D eigenvalue weighted by Crippen LogP contribution is -2.43. The van der Waals surface area contributed by atoms with Gasteiger partial charge in [-0.1, -0.05) is 112 Å². The van der Waals surface area contributed by atoms with Gasteiger partial charge in [0.15, 0.2) is 11.6 Å². The summed E-state index contributed by atoms with van der Waals surface area (Å²) < 4.78 is 13.1. The molecule has 4 aromatic rings. The zero-order chi connectivity index (χ0) is 41.1. The second kappa shape index (κ2) is 13.2. The number of ketones is 2. The van der Waals surface area contributed by atoms with Crippen molar-refractivity contribution in [2.24, 2.45) is 10.8 Å². The SMILES string of the molecule is CN1C(=O)[C@@]2(OC3=C(C(=O)CC(C)(C)C3)[C@H]2c2ccc(Cl)cc2)c2ccccc21.CN1C(=O)[C@]2(OC3=C(C(=O)CC(C)(C)C3)[C@@H]2c2ccc(Cl)cc2)c2ccccc21. The molecule has 0 bridgehead atoms. The van der Waals surface area contributed by atoms with Gasteiger partial charge < -0.3 is 19.3 Å². The van der Waals surface area contributed by atoms with Crippen LogP contribution in [0.1, 0.15) is 87.5 Å². The smallest absolute Gasteiger partial charge is 0.276 e. The van der Waals surface area contributed by atoms with E-state index in [1.807, 2.05) is 72.8 Å². The van der Waals surface area contributed by atoms with E-state index in [0.717, 1.165) is 33.6 Å². The molecule has 0 aromatic heterocycles. The topological polar surface area (TPSA) is 93.2 Å². The fraction of sp³-hybridized carbons (Fsp3) is 0.333. The first-order valence-electron chi connectivity index (χ1n) is 19.7. The van der Waals surface area contributed by atoms with E-state index in [1.54, 1.807) is 48.2 Å². The van der Waals surface area contributed by atoms with Gasteiger partial charge in [-0.15, -0.1) is 0 Å². The summed E-state index contributed by atoms with van der Waals surface area (Å²) in [4.78, 5) is 57.2. The van der Waals surface area contributed by atoms with Crippen LogP contribution in [0.4, 0.5) is 11.4 Å². The van der Waals surface area contributed by atoms with Crippen molar-refractivity contribution in [3.63, 3.8) is 0 Å². The average molecular weight is 816 g/mol. The number of amides is 2. The summed E-state index contributed by atoms with van der Waals surface area (Å²) in [6, 6.07) is 30.2. The Morgan fingerprint density at radius 2 is 0.862 bits per heavy atom. The zero-order valence-corrected chi connectivity index (χ0v) is 34.8. The van der Waals surface area contributed by atoms with Crippen molar-refractivity contribution < 1.29 is 28.7 Å². The van der Waals surface area contributed by atoms with Gasteiger partial charge in [-0.25, -0.2) is 0 Å². The van der Waals surface area contributed by atoms with Crippen molar-refractivity contribution in [2.75, 3.05) is 23.9 Å². The number of fused-ring (bicyclic) bond motifs is 4. The predicted octanol–water partition coefficient (Wildman–Crippen LogP) is 9.94. The molecule has 0 radical (unpaired) electrons. The number of Topliss-reactive ketones (excluding diaryl/α,β-unsaturated/α-hetero) is 2. The summed E-state index contributed by atoms with van der Waals surface area (Å²) in [7, 11) is 3.53. The van der Waals surface area contributed by atoms with Crippen LogP contribution in [-0.2, 0) is 39.9 Å². The minimum absolute atomic E-state index is 0.0629. The van der Waals surface area contributed by atoms with Crippen molar-refractivity contribution in [3.05, 3.63) is 152 Å². The highest BCUT2D eigenvalue weighted by Gasteiger charge is 2.66. The van der Waals surface area contributed by atoms with Crippen LogP contribution in [0.3, 0.4) is 0 Å². The molecule has 2 aliphatic carbocycles. The zero-order valence-electron chi connectivity index (χ0n) is 33.3. The lowest BCUT2D eigenvalue weighted by Gasteiger charge is -2.31. The number of nitrogens with zero attached hydrogens (tertiary/aromatic N) is 2. The van der Waals surface area contributed by atoms with E-state index in [0.29, 0.717) is 58.4 Å². The number of para-hydroxylation sites is 2. The molecule has 10 heteroatoms. The number of allylic oxidation sites excluding steroid dienone is 2. The van der Waals surface area contributed by atoms with Crippen molar-refractivity contribution in [1.29, 1.82) is 0 Å². The Hall–Kier alpha value is -5.18. The molecule has 0 saturated carbocycles. The average Bonchev–Trinajstić information content (AvgIpc) is 3.83. The molecular formula is C48H44Cl2N2O6. The first-order chi connectivity index (χ1) is 27.5. The van der Waals surface area contributed by atoms with Gasteiger partial charge in [0.25, 0.3) is 11.8 Å². The molecule has 4 aliphatic heterocycles. The number of hydrogen-bond donors (Lipinski definition) is 0. The van der Waals surface area contributed by atoms with Crippen LogP contribution in [0, 0.1) is 10.8 Å². The number of anilines is 2. The number of ether oxygens (including phenoxy) is 2. The molecule has 0 N–H and O–H groups in total. The van der Waals surface area contributed by atoms with Gasteiger partial charge in [0.2, 0.25) is 11.2 Å². The molecule has 58 heavy (non-hydrogen) atoms. The van der Waals surface area contributed by atoms with Crippen LogP contribution in [-0.4, -0.2) is 37.5 Å². The largest absolute Gasteiger partial charge is 0.475 e. The van der Waals surface area contributed by atoms with E-state index in [2.05, 4.69) is 27.7 Å². The molecule has 2 spiro atoms. The lowest BCUT2D eigenvalue weighted by molar-refractivity contribution is -0.138. The molecule has 0 saturated heterocycles. The van der Waals surface area contributed by atoms with Gasteiger partial charge in [-0.05, 0) is 58.4 Å². The lowest BCUT2D eigenvalue weighted by atomic mass is 9.69. The van der Waals surface area contributed by atoms with Crippen LogP contribution >= 0.6 is 23.2 Å². The van der Waals surface area contributed by atoms with Crippen LogP contribution < -0.4 is 9.80 Å². The Balaban J connectivity index is 0.000000150. The molecule has 4 atom stereocenters. The molecule has 8 nitrogen and oxygen atoms in total. The third kappa shape index (κ3) is 5.55. The summed E-state index contributed by atoms with van der Waals surface area (Å²) in [5.41, 5.74) is 3.40. The fourth-order valence-corrected chi connectivity index (χ4v) is 10.5. The van der Waals surface area contributed by atoms with Crippen LogP contribution in [0.5, 0.6) is 0 Å². The summed E-state index contributed by atoms with van der Waals surface area (Å²) in [6.07, 6.45) is 2.17. The van der Waals surface area contributed by atoms with Gasteiger partial charge in [-0.3, -0.25) is 19.2 Å². The molecule has 4 heterocycles. The quantitative estimate of drug-likeness (QED) is 0.200. The van der Waals surface area contributed by atoms with Gasteiger partial charge >= 0.3 is 0 Å².